The minimum absolute atomic E-state index is 0.00307. The number of carbonyl (C=O) groups excluding carboxylic acids is 2. The van der Waals surface area contributed by atoms with E-state index in [2.05, 4.69) is 12.6 Å². The lowest BCUT2D eigenvalue weighted by Gasteiger charge is -2.52. The summed E-state index contributed by atoms with van der Waals surface area (Å²) in [5.74, 6) is 0.00609. The normalized spacial score (nSPS) is 20.8. The zero-order chi connectivity index (χ0) is 26.4. The summed E-state index contributed by atoms with van der Waals surface area (Å²) in [5, 5.41) is 1.32. The second kappa shape index (κ2) is 9.15. The largest absolute Gasteiger partial charge is 0.497 e. The predicted octanol–water partition coefficient (Wildman–Crippen LogP) is 5.90. The molecule has 2 bridgehead atoms. The Labute approximate surface area is 220 Å². The molecule has 0 saturated heterocycles. The molecule has 38 heavy (non-hydrogen) atoms. The van der Waals surface area contributed by atoms with Crippen LogP contribution in [0.15, 0.2) is 91.5 Å². The van der Waals surface area contributed by atoms with Crippen LogP contribution in [0.1, 0.15) is 34.6 Å². The van der Waals surface area contributed by atoms with E-state index in [0.29, 0.717) is 28.7 Å². The second-order valence-electron chi connectivity index (χ2n) is 9.47. The average Bonchev–Trinajstić information content (AvgIpc) is 2.97. The quantitative estimate of drug-likeness (QED) is 0.184. The minimum Gasteiger partial charge on any atom is -0.497 e. The van der Waals surface area contributed by atoms with Crippen molar-refractivity contribution in [2.75, 3.05) is 14.2 Å². The molecule has 0 spiro atoms. The van der Waals surface area contributed by atoms with Gasteiger partial charge in [-0.3, -0.25) is 4.79 Å². The molecule has 0 radical (unpaired) electrons. The first-order valence-corrected chi connectivity index (χ1v) is 12.4. The predicted molar refractivity (Wildman–Crippen MR) is 143 cm³/mol. The number of fused-ring (bicyclic) bond motifs is 2. The first-order valence-electron chi connectivity index (χ1n) is 12.4. The van der Waals surface area contributed by atoms with Gasteiger partial charge in [0.1, 0.15) is 22.8 Å². The van der Waals surface area contributed by atoms with E-state index in [4.69, 9.17) is 18.9 Å². The van der Waals surface area contributed by atoms with E-state index in [-0.39, 0.29) is 11.9 Å². The summed E-state index contributed by atoms with van der Waals surface area (Å²) < 4.78 is 23.3. The van der Waals surface area contributed by atoms with Gasteiger partial charge < -0.3 is 18.9 Å². The fourth-order valence-corrected chi connectivity index (χ4v) is 6.15. The molecule has 4 aromatic rings. The summed E-state index contributed by atoms with van der Waals surface area (Å²) in [7, 11) is 3.30. The van der Waals surface area contributed by atoms with Crippen molar-refractivity contribution in [3.63, 3.8) is 0 Å². The Balaban J connectivity index is 1.43. The number of hydrogen-bond donors (Lipinski definition) is 0. The van der Waals surface area contributed by atoms with E-state index in [0.717, 1.165) is 34.1 Å². The summed E-state index contributed by atoms with van der Waals surface area (Å²) in [4.78, 5) is 25.8. The molecule has 0 amide bonds. The summed E-state index contributed by atoms with van der Waals surface area (Å²) in [5.41, 5.74) is 3.19. The number of esters is 2. The molecule has 0 saturated carbocycles. The van der Waals surface area contributed by atoms with Gasteiger partial charge in [0.15, 0.2) is 0 Å². The third kappa shape index (κ3) is 3.45. The Morgan fingerprint density at radius 3 is 2.18 bits per heavy atom. The minimum atomic E-state index is -1.00. The molecular formula is C32H26O6. The van der Waals surface area contributed by atoms with Crippen LogP contribution in [0.3, 0.4) is 0 Å². The standard InChI is InChI=1S/C32H26O6/c1-4-30(33)37-28-15-16-29(22-11-6-5-10-21(22)28)38-31(34)27-18-23-20-9-7-8-12-25(20)32(27,36-3)26-14-13-19(35-2)17-24(23)26/h4-17,23,27H,1,18H2,2-3H3. The first-order chi connectivity index (χ1) is 18.5. The molecule has 3 atom stereocenters. The van der Waals surface area contributed by atoms with Crippen LogP contribution >= 0.6 is 0 Å². The van der Waals surface area contributed by atoms with E-state index >= 15 is 0 Å². The molecule has 3 unspecified atom stereocenters. The third-order valence-electron chi connectivity index (χ3n) is 7.77. The maximum atomic E-state index is 14.0. The zero-order valence-electron chi connectivity index (χ0n) is 21.1. The summed E-state index contributed by atoms with van der Waals surface area (Å²) in [6.45, 7) is 3.46. The lowest BCUT2D eigenvalue weighted by Crippen LogP contribution is -2.52. The molecule has 6 nitrogen and oxygen atoms in total. The topological polar surface area (TPSA) is 71.1 Å². The highest BCUT2D eigenvalue weighted by molar-refractivity contribution is 5.97. The lowest BCUT2D eigenvalue weighted by atomic mass is 9.56. The van der Waals surface area contributed by atoms with Gasteiger partial charge in [0.05, 0.1) is 13.0 Å². The highest BCUT2D eigenvalue weighted by Crippen LogP contribution is 2.60. The summed E-state index contributed by atoms with van der Waals surface area (Å²) in [6, 6.07) is 24.7. The first kappa shape index (κ1) is 23.9. The highest BCUT2D eigenvalue weighted by Gasteiger charge is 2.58. The van der Waals surface area contributed by atoms with Crippen molar-refractivity contribution in [3.8, 4) is 17.2 Å². The fraction of sp³-hybridized carbons (Fsp3) is 0.188. The van der Waals surface area contributed by atoms with E-state index < -0.39 is 17.5 Å². The number of hydrogen-bond acceptors (Lipinski definition) is 6. The van der Waals surface area contributed by atoms with Crippen LogP contribution in [0, 0.1) is 5.92 Å². The molecule has 3 aliphatic carbocycles. The molecule has 0 aromatic heterocycles. The molecule has 7 rings (SSSR count). The summed E-state index contributed by atoms with van der Waals surface area (Å²) >= 11 is 0. The van der Waals surface area contributed by atoms with Crippen molar-refractivity contribution >= 4 is 22.7 Å². The van der Waals surface area contributed by atoms with E-state index in [1.807, 2.05) is 60.7 Å². The van der Waals surface area contributed by atoms with Crippen molar-refractivity contribution in [2.45, 2.75) is 17.9 Å². The maximum absolute atomic E-state index is 14.0. The van der Waals surface area contributed by atoms with Gasteiger partial charge in [0.25, 0.3) is 0 Å². The molecule has 0 aliphatic heterocycles. The molecule has 4 aromatic carbocycles. The number of methoxy groups -OCH3 is 2. The van der Waals surface area contributed by atoms with Crippen molar-refractivity contribution in [2.24, 2.45) is 5.92 Å². The van der Waals surface area contributed by atoms with Crippen molar-refractivity contribution in [1.29, 1.82) is 0 Å². The Kier molecular flexibility index (Phi) is 5.77. The van der Waals surface area contributed by atoms with E-state index in [1.165, 1.54) is 0 Å². The van der Waals surface area contributed by atoms with Crippen molar-refractivity contribution < 1.29 is 28.5 Å². The van der Waals surface area contributed by atoms with Gasteiger partial charge in [0, 0.05) is 29.9 Å². The van der Waals surface area contributed by atoms with Crippen LogP contribution < -0.4 is 14.2 Å². The van der Waals surface area contributed by atoms with Gasteiger partial charge in [-0.15, -0.1) is 0 Å². The van der Waals surface area contributed by atoms with Crippen LogP contribution in [0.25, 0.3) is 10.8 Å². The monoisotopic (exact) mass is 506 g/mol. The third-order valence-corrected chi connectivity index (χ3v) is 7.77. The second-order valence-corrected chi connectivity index (χ2v) is 9.47. The molecule has 0 fully saturated rings. The Hall–Kier alpha value is -4.42. The number of rotatable bonds is 6. The van der Waals surface area contributed by atoms with Gasteiger partial charge in [-0.2, -0.15) is 0 Å². The van der Waals surface area contributed by atoms with Crippen LogP contribution in [0.4, 0.5) is 0 Å². The van der Waals surface area contributed by atoms with Gasteiger partial charge in [-0.1, -0.05) is 61.2 Å². The van der Waals surface area contributed by atoms with Crippen LogP contribution in [-0.2, 0) is 19.9 Å². The van der Waals surface area contributed by atoms with Crippen LogP contribution in [0.2, 0.25) is 0 Å². The van der Waals surface area contributed by atoms with Crippen molar-refractivity contribution in [1.82, 2.24) is 0 Å². The Morgan fingerprint density at radius 1 is 0.842 bits per heavy atom. The van der Waals surface area contributed by atoms with Gasteiger partial charge in [0.2, 0.25) is 0 Å². The number of ether oxygens (including phenoxy) is 4. The molecule has 0 heterocycles. The van der Waals surface area contributed by atoms with Gasteiger partial charge >= 0.3 is 11.9 Å². The van der Waals surface area contributed by atoms with Crippen LogP contribution in [0.5, 0.6) is 17.2 Å². The van der Waals surface area contributed by atoms with Crippen LogP contribution in [-0.4, -0.2) is 26.2 Å². The lowest BCUT2D eigenvalue weighted by molar-refractivity contribution is -0.152. The molecule has 6 heteroatoms. The molecule has 190 valence electrons. The van der Waals surface area contributed by atoms with Gasteiger partial charge in [-0.05, 0) is 52.9 Å². The number of carbonyl (C=O) groups is 2. The average molecular weight is 507 g/mol. The maximum Gasteiger partial charge on any atom is 0.335 e. The molecular weight excluding hydrogens is 480 g/mol. The zero-order valence-corrected chi connectivity index (χ0v) is 21.1. The fourth-order valence-electron chi connectivity index (χ4n) is 6.15. The number of benzene rings is 4. The Morgan fingerprint density at radius 2 is 1.50 bits per heavy atom. The SMILES string of the molecule is C=CC(=O)Oc1ccc(OC(=O)C2CC3c4ccccc4C2(OC)c2ccc(OC)cc23)c2ccccc12. The summed E-state index contributed by atoms with van der Waals surface area (Å²) in [6.07, 6.45) is 1.65. The molecule has 3 aliphatic rings. The van der Waals surface area contributed by atoms with Crippen molar-refractivity contribution in [3.05, 3.63) is 114 Å². The highest BCUT2D eigenvalue weighted by atomic mass is 16.5. The smallest absolute Gasteiger partial charge is 0.335 e. The van der Waals surface area contributed by atoms with Gasteiger partial charge in [-0.25, -0.2) is 4.79 Å². The van der Waals surface area contributed by atoms with E-state index in [9.17, 15) is 9.59 Å². The molecule has 0 N–H and O–H groups in total. The Bertz CT molecular complexity index is 1610. The van der Waals surface area contributed by atoms with E-state index in [1.54, 1.807) is 26.4 Å².